The second-order valence-electron chi connectivity index (χ2n) is 6.67. The Hall–Kier alpha value is -1.51. The molecular formula is C18H24F2N6O2S3. The largest absolute Gasteiger partial charge is 0.481 e. The third-order valence-corrected chi connectivity index (χ3v) is 7.54. The fraction of sp³-hybridized carbons (Fsp3) is 0.444. The molecule has 0 saturated carbocycles. The van der Waals surface area contributed by atoms with Crippen LogP contribution in [-0.4, -0.2) is 74.5 Å². The van der Waals surface area contributed by atoms with Crippen LogP contribution >= 0.6 is 23.9 Å². The maximum Gasteiger partial charge on any atom is 0.219 e. The molecule has 170 valence electrons. The van der Waals surface area contributed by atoms with E-state index in [0.29, 0.717) is 29.9 Å². The maximum absolute atomic E-state index is 13.9. The van der Waals surface area contributed by atoms with Gasteiger partial charge in [-0.25, -0.2) is 30.9 Å². The van der Waals surface area contributed by atoms with E-state index in [1.54, 1.807) is 24.5 Å². The molecule has 1 atom stereocenters. The highest BCUT2D eigenvalue weighted by atomic mass is 32.2. The van der Waals surface area contributed by atoms with Crippen molar-refractivity contribution in [2.75, 3.05) is 52.1 Å². The van der Waals surface area contributed by atoms with Gasteiger partial charge in [0, 0.05) is 69.8 Å². The number of methoxy groups -OCH3 is 1. The van der Waals surface area contributed by atoms with Crippen molar-refractivity contribution in [1.82, 2.24) is 22.9 Å². The molecule has 1 unspecified atom stereocenters. The standard InChI is InChI=1S/C18H24F2N6O2S3/c1-24(2)31(27)26-9-7-25(8-10-26)30-23-15-11-16(28-3)22-18(21-15)29-12-13-5-4-6-14(19)17(13)20/h4-6,11H,7-10,12H2,1-3H3,(H,21,22,23). The van der Waals surface area contributed by atoms with Crippen LogP contribution in [-0.2, 0) is 16.9 Å². The first kappa shape index (κ1) is 24.1. The lowest BCUT2D eigenvalue weighted by molar-refractivity contribution is 0.292. The molecule has 8 nitrogen and oxygen atoms in total. The lowest BCUT2D eigenvalue weighted by Crippen LogP contribution is -2.47. The van der Waals surface area contributed by atoms with Crippen molar-refractivity contribution in [2.45, 2.75) is 10.9 Å². The number of piperazine rings is 1. The molecule has 2 aromatic rings. The molecule has 1 aromatic carbocycles. The SMILES string of the molecule is COc1cc(NSN2CCN(S(=O)N(C)C)CC2)nc(SCc2cccc(F)c2F)n1. The number of thioether (sulfide) groups is 1. The van der Waals surface area contributed by atoms with Gasteiger partial charge < -0.3 is 9.46 Å². The molecule has 0 radical (unpaired) electrons. The maximum atomic E-state index is 13.9. The Labute approximate surface area is 191 Å². The van der Waals surface area contributed by atoms with Crippen molar-refractivity contribution in [3.8, 4) is 5.88 Å². The molecule has 13 heteroatoms. The van der Waals surface area contributed by atoms with Gasteiger partial charge in [0.1, 0.15) is 5.82 Å². The Morgan fingerprint density at radius 2 is 1.97 bits per heavy atom. The minimum absolute atomic E-state index is 0.189. The van der Waals surface area contributed by atoms with Crippen LogP contribution in [0.25, 0.3) is 0 Å². The van der Waals surface area contributed by atoms with E-state index in [4.69, 9.17) is 4.74 Å². The lowest BCUT2D eigenvalue weighted by Gasteiger charge is -2.33. The van der Waals surface area contributed by atoms with Crippen molar-refractivity contribution < 1.29 is 17.7 Å². The van der Waals surface area contributed by atoms with Crippen molar-refractivity contribution in [3.63, 3.8) is 0 Å². The third kappa shape index (κ3) is 6.73. The molecule has 0 aliphatic carbocycles. The molecule has 2 heterocycles. The molecule has 1 saturated heterocycles. The highest BCUT2D eigenvalue weighted by molar-refractivity contribution is 7.98. The van der Waals surface area contributed by atoms with Crippen LogP contribution in [0.2, 0.25) is 0 Å². The predicted molar refractivity (Wildman–Crippen MR) is 121 cm³/mol. The van der Waals surface area contributed by atoms with Gasteiger partial charge in [-0.1, -0.05) is 23.9 Å². The number of hydrogen-bond donors (Lipinski definition) is 1. The van der Waals surface area contributed by atoms with E-state index in [0.717, 1.165) is 19.2 Å². The van der Waals surface area contributed by atoms with E-state index in [1.165, 1.54) is 43.1 Å². The van der Waals surface area contributed by atoms with Gasteiger partial charge in [-0.05, 0) is 6.07 Å². The molecule has 1 aliphatic heterocycles. The normalized spacial score (nSPS) is 16.5. The molecule has 0 spiro atoms. The quantitative estimate of drug-likeness (QED) is 0.327. The van der Waals surface area contributed by atoms with Crippen molar-refractivity contribution in [1.29, 1.82) is 0 Å². The number of ether oxygens (including phenoxy) is 1. The molecule has 1 N–H and O–H groups in total. The first-order chi connectivity index (χ1) is 14.9. The molecular weight excluding hydrogens is 466 g/mol. The number of nitrogens with one attached hydrogen (secondary N) is 1. The van der Waals surface area contributed by atoms with Crippen LogP contribution in [0.5, 0.6) is 5.88 Å². The monoisotopic (exact) mass is 490 g/mol. The number of hydrogen-bond acceptors (Lipinski definition) is 8. The van der Waals surface area contributed by atoms with E-state index >= 15 is 0 Å². The summed E-state index contributed by atoms with van der Waals surface area (Å²) >= 11 is 1.47. The summed E-state index contributed by atoms with van der Waals surface area (Å²) in [6.45, 7) is 2.85. The van der Waals surface area contributed by atoms with Crippen LogP contribution in [0.1, 0.15) is 5.56 Å². The third-order valence-electron chi connectivity index (χ3n) is 4.29. The summed E-state index contributed by atoms with van der Waals surface area (Å²) in [7, 11) is 5.09. The van der Waals surface area contributed by atoms with E-state index in [9.17, 15) is 13.0 Å². The summed E-state index contributed by atoms with van der Waals surface area (Å²) in [6.07, 6.45) is 0. The Balaban J connectivity index is 1.57. The van der Waals surface area contributed by atoms with Crippen LogP contribution in [0.3, 0.4) is 0 Å². The second kappa shape index (κ2) is 11.4. The predicted octanol–water partition coefficient (Wildman–Crippen LogP) is 2.79. The lowest BCUT2D eigenvalue weighted by atomic mass is 10.2. The molecule has 0 bridgehead atoms. The van der Waals surface area contributed by atoms with Gasteiger partial charge in [0.25, 0.3) is 0 Å². The number of aromatic nitrogens is 2. The van der Waals surface area contributed by atoms with Crippen molar-refractivity contribution in [3.05, 3.63) is 41.5 Å². The summed E-state index contributed by atoms with van der Waals surface area (Å²) < 4.78 is 53.6. The summed E-state index contributed by atoms with van der Waals surface area (Å²) in [5.41, 5.74) is 0.244. The van der Waals surface area contributed by atoms with Gasteiger partial charge in [0.15, 0.2) is 28.0 Å². The molecule has 0 amide bonds. The Kier molecular flexibility index (Phi) is 8.86. The fourth-order valence-corrected chi connectivity index (χ4v) is 5.12. The summed E-state index contributed by atoms with van der Waals surface area (Å²) in [5.74, 6) is -0.641. The zero-order chi connectivity index (χ0) is 22.4. The number of halogens is 2. The van der Waals surface area contributed by atoms with Crippen LogP contribution in [0, 0.1) is 11.6 Å². The zero-order valence-electron chi connectivity index (χ0n) is 17.4. The summed E-state index contributed by atoms with van der Waals surface area (Å²) in [4.78, 5) is 8.70. The average Bonchev–Trinajstić information content (AvgIpc) is 2.78. The van der Waals surface area contributed by atoms with Gasteiger partial charge in [-0.2, -0.15) is 4.98 Å². The number of benzene rings is 1. The molecule has 31 heavy (non-hydrogen) atoms. The topological polar surface area (TPSA) is 73.8 Å². The zero-order valence-corrected chi connectivity index (χ0v) is 19.8. The Bertz CT molecular complexity index is 916. The average molecular weight is 491 g/mol. The first-order valence-electron chi connectivity index (χ1n) is 9.38. The number of nitrogens with zero attached hydrogens (tertiary/aromatic N) is 5. The van der Waals surface area contributed by atoms with Gasteiger partial charge in [-0.3, -0.25) is 0 Å². The van der Waals surface area contributed by atoms with Crippen molar-refractivity contribution in [2.24, 2.45) is 0 Å². The summed E-state index contributed by atoms with van der Waals surface area (Å²) in [6, 6.07) is 5.75. The van der Waals surface area contributed by atoms with E-state index in [1.807, 2.05) is 4.31 Å². The highest BCUT2D eigenvalue weighted by Gasteiger charge is 2.23. The number of rotatable bonds is 9. The van der Waals surface area contributed by atoms with Crippen LogP contribution in [0.15, 0.2) is 29.4 Å². The molecule has 1 aromatic heterocycles. The van der Waals surface area contributed by atoms with E-state index < -0.39 is 22.8 Å². The Morgan fingerprint density at radius 3 is 2.65 bits per heavy atom. The second-order valence-corrected chi connectivity index (χ2v) is 10.2. The molecule has 1 aliphatic rings. The minimum atomic E-state index is -1.12. The minimum Gasteiger partial charge on any atom is -0.481 e. The summed E-state index contributed by atoms with van der Waals surface area (Å²) in [5, 5.41) is 0.386. The van der Waals surface area contributed by atoms with Gasteiger partial charge in [0.05, 0.1) is 7.11 Å². The fourth-order valence-electron chi connectivity index (χ4n) is 2.69. The van der Waals surface area contributed by atoms with Gasteiger partial charge in [-0.15, -0.1) is 0 Å². The smallest absolute Gasteiger partial charge is 0.219 e. The van der Waals surface area contributed by atoms with Crippen molar-refractivity contribution >= 4 is 40.9 Å². The van der Waals surface area contributed by atoms with E-state index in [-0.39, 0.29) is 11.3 Å². The molecule has 1 fully saturated rings. The van der Waals surface area contributed by atoms with Crippen LogP contribution in [0.4, 0.5) is 14.6 Å². The van der Waals surface area contributed by atoms with Gasteiger partial charge >= 0.3 is 0 Å². The van der Waals surface area contributed by atoms with Gasteiger partial charge in [0.2, 0.25) is 5.88 Å². The number of anilines is 1. The van der Waals surface area contributed by atoms with E-state index in [2.05, 4.69) is 19.0 Å². The first-order valence-corrected chi connectivity index (χ1v) is 12.2. The highest BCUT2D eigenvalue weighted by Crippen LogP contribution is 2.27. The molecule has 3 rings (SSSR count). The Morgan fingerprint density at radius 1 is 1.23 bits per heavy atom. The van der Waals surface area contributed by atoms with Crippen LogP contribution < -0.4 is 9.46 Å².